The second kappa shape index (κ2) is 5.41. The van der Waals surface area contributed by atoms with Gasteiger partial charge in [-0.1, -0.05) is 32.9 Å². The van der Waals surface area contributed by atoms with E-state index < -0.39 is 13.7 Å². The SMILES string of the molecule is COC(=O)[C@@]1(C)CC=C[C@@H](O[Si](C)(C)C(C)(C)C)C1. The van der Waals surface area contributed by atoms with E-state index in [1.807, 2.05) is 6.92 Å². The lowest BCUT2D eigenvalue weighted by Gasteiger charge is -2.41. The van der Waals surface area contributed by atoms with Gasteiger partial charge in [-0.3, -0.25) is 4.79 Å². The molecular formula is C15H28O3Si. The predicted molar refractivity (Wildman–Crippen MR) is 80.6 cm³/mol. The molecule has 1 aliphatic rings. The van der Waals surface area contributed by atoms with E-state index >= 15 is 0 Å². The van der Waals surface area contributed by atoms with Gasteiger partial charge in [0.1, 0.15) is 0 Å². The molecule has 2 atom stereocenters. The Bertz CT molecular complexity index is 368. The summed E-state index contributed by atoms with van der Waals surface area (Å²) in [6.07, 6.45) is 5.63. The number of allylic oxidation sites excluding steroid dienone is 1. The van der Waals surface area contributed by atoms with Crippen molar-refractivity contribution in [3.63, 3.8) is 0 Å². The zero-order valence-electron chi connectivity index (χ0n) is 13.4. The van der Waals surface area contributed by atoms with Crippen LogP contribution >= 0.6 is 0 Å². The zero-order chi connectivity index (χ0) is 14.9. The van der Waals surface area contributed by atoms with Crippen molar-refractivity contribution < 1.29 is 14.0 Å². The minimum absolute atomic E-state index is 0.0266. The normalized spacial score (nSPS) is 28.3. The molecule has 0 aromatic rings. The molecule has 0 amide bonds. The molecule has 0 aromatic carbocycles. The van der Waals surface area contributed by atoms with Crippen molar-refractivity contribution >= 4 is 14.3 Å². The maximum absolute atomic E-state index is 11.9. The molecule has 0 radical (unpaired) electrons. The molecule has 110 valence electrons. The van der Waals surface area contributed by atoms with Gasteiger partial charge < -0.3 is 9.16 Å². The van der Waals surface area contributed by atoms with Gasteiger partial charge >= 0.3 is 5.97 Å². The molecule has 1 aliphatic carbocycles. The van der Waals surface area contributed by atoms with E-state index in [0.717, 1.165) is 6.42 Å². The van der Waals surface area contributed by atoms with Crippen molar-refractivity contribution in [2.24, 2.45) is 5.41 Å². The highest BCUT2D eigenvalue weighted by molar-refractivity contribution is 6.74. The molecule has 0 saturated heterocycles. The van der Waals surface area contributed by atoms with Gasteiger partial charge in [0, 0.05) is 0 Å². The quantitative estimate of drug-likeness (QED) is 0.448. The molecule has 0 N–H and O–H groups in total. The highest BCUT2D eigenvalue weighted by atomic mass is 28.4. The molecule has 0 saturated carbocycles. The number of esters is 1. The van der Waals surface area contributed by atoms with Crippen molar-refractivity contribution in [2.75, 3.05) is 7.11 Å². The van der Waals surface area contributed by atoms with Gasteiger partial charge in [-0.2, -0.15) is 0 Å². The molecule has 3 nitrogen and oxygen atoms in total. The highest BCUT2D eigenvalue weighted by Gasteiger charge is 2.43. The number of rotatable bonds is 3. The fraction of sp³-hybridized carbons (Fsp3) is 0.800. The molecule has 19 heavy (non-hydrogen) atoms. The van der Waals surface area contributed by atoms with Crippen molar-refractivity contribution in [1.29, 1.82) is 0 Å². The second-order valence-corrected chi connectivity index (χ2v) is 12.1. The van der Waals surface area contributed by atoms with Crippen molar-refractivity contribution in [3.05, 3.63) is 12.2 Å². The van der Waals surface area contributed by atoms with Crippen molar-refractivity contribution in [2.45, 2.75) is 64.8 Å². The summed E-state index contributed by atoms with van der Waals surface area (Å²) in [4.78, 5) is 11.9. The first kappa shape index (κ1) is 16.4. The van der Waals surface area contributed by atoms with Gasteiger partial charge in [-0.05, 0) is 37.9 Å². The molecule has 0 unspecified atom stereocenters. The average Bonchev–Trinajstić information content (AvgIpc) is 2.25. The summed E-state index contributed by atoms with van der Waals surface area (Å²) in [6, 6.07) is 0. The molecular weight excluding hydrogens is 256 g/mol. The molecule has 0 aromatic heterocycles. The number of methoxy groups -OCH3 is 1. The Hall–Kier alpha value is -0.613. The van der Waals surface area contributed by atoms with Crippen LogP contribution in [-0.4, -0.2) is 27.5 Å². The largest absolute Gasteiger partial charge is 0.469 e. The molecule has 4 heteroatoms. The van der Waals surface area contributed by atoms with Crippen LogP contribution in [0.15, 0.2) is 12.2 Å². The van der Waals surface area contributed by atoms with Gasteiger partial charge in [0.2, 0.25) is 0 Å². The second-order valence-electron chi connectivity index (χ2n) is 7.31. The highest BCUT2D eigenvalue weighted by Crippen LogP contribution is 2.41. The van der Waals surface area contributed by atoms with Gasteiger partial charge in [-0.15, -0.1) is 0 Å². The van der Waals surface area contributed by atoms with E-state index in [1.54, 1.807) is 0 Å². The van der Waals surface area contributed by atoms with Crippen LogP contribution in [0.4, 0.5) is 0 Å². The third-order valence-electron chi connectivity index (χ3n) is 4.50. The van der Waals surface area contributed by atoms with Crippen LogP contribution in [0.1, 0.15) is 40.5 Å². The summed E-state index contributed by atoms with van der Waals surface area (Å²) in [5, 5.41) is 0.181. The average molecular weight is 284 g/mol. The molecule has 0 aliphatic heterocycles. The van der Waals surface area contributed by atoms with Gasteiger partial charge in [0.25, 0.3) is 0 Å². The van der Waals surface area contributed by atoms with Gasteiger partial charge in [0.15, 0.2) is 8.32 Å². The Labute approximate surface area is 118 Å². The first-order valence-corrected chi connectivity index (χ1v) is 9.85. The smallest absolute Gasteiger partial charge is 0.311 e. The van der Waals surface area contributed by atoms with Gasteiger partial charge in [0.05, 0.1) is 18.6 Å². The lowest BCUT2D eigenvalue weighted by atomic mass is 9.78. The Morgan fingerprint density at radius 2 is 1.95 bits per heavy atom. The fourth-order valence-corrected chi connectivity index (χ4v) is 3.40. The maximum Gasteiger partial charge on any atom is 0.311 e. The van der Waals surface area contributed by atoms with E-state index in [-0.39, 0.29) is 17.1 Å². The van der Waals surface area contributed by atoms with E-state index in [1.165, 1.54) is 7.11 Å². The van der Waals surface area contributed by atoms with Gasteiger partial charge in [-0.25, -0.2) is 0 Å². The topological polar surface area (TPSA) is 35.5 Å². The van der Waals surface area contributed by atoms with Crippen LogP contribution in [0.2, 0.25) is 18.1 Å². The summed E-state index contributed by atoms with van der Waals surface area (Å²) in [5.41, 5.74) is -0.448. The number of hydrogen-bond donors (Lipinski definition) is 0. The van der Waals surface area contributed by atoms with Crippen LogP contribution < -0.4 is 0 Å². The zero-order valence-corrected chi connectivity index (χ0v) is 14.4. The standard InChI is InChI=1S/C15H28O3Si/c1-14(2,3)19(6,7)18-12-9-8-10-15(4,11-12)13(16)17-5/h8-9,12H,10-11H2,1-7H3/t12-,15+/m1/s1. The van der Waals surface area contributed by atoms with Crippen LogP contribution in [0, 0.1) is 5.41 Å². The summed E-state index contributed by atoms with van der Waals surface area (Å²) < 4.78 is 11.3. The summed E-state index contributed by atoms with van der Waals surface area (Å²) in [7, 11) is -0.349. The minimum atomic E-state index is -1.80. The lowest BCUT2D eigenvalue weighted by molar-refractivity contribution is -0.153. The molecule has 0 bridgehead atoms. The number of ether oxygens (including phenoxy) is 1. The Balaban J connectivity index is 2.80. The predicted octanol–water partition coefficient (Wildman–Crippen LogP) is 3.91. The number of hydrogen-bond acceptors (Lipinski definition) is 3. The Kier molecular flexibility index (Phi) is 4.68. The Morgan fingerprint density at radius 3 is 2.42 bits per heavy atom. The van der Waals surface area contributed by atoms with E-state index in [4.69, 9.17) is 9.16 Å². The monoisotopic (exact) mass is 284 g/mol. The first-order valence-electron chi connectivity index (χ1n) is 6.95. The van der Waals surface area contributed by atoms with Crippen molar-refractivity contribution in [1.82, 2.24) is 0 Å². The van der Waals surface area contributed by atoms with Crippen LogP contribution in [0.5, 0.6) is 0 Å². The maximum atomic E-state index is 11.9. The van der Waals surface area contributed by atoms with E-state index in [9.17, 15) is 4.79 Å². The summed E-state index contributed by atoms with van der Waals surface area (Å²) in [6.45, 7) is 13.1. The number of carbonyl (C=O) groups is 1. The van der Waals surface area contributed by atoms with E-state index in [0.29, 0.717) is 6.42 Å². The molecule has 0 spiro atoms. The molecule has 1 rings (SSSR count). The summed E-state index contributed by atoms with van der Waals surface area (Å²) in [5.74, 6) is -0.138. The molecule has 0 fully saturated rings. The first-order chi connectivity index (χ1) is 8.52. The van der Waals surface area contributed by atoms with Crippen LogP contribution in [-0.2, 0) is 14.0 Å². The third-order valence-corrected chi connectivity index (χ3v) is 9.01. The number of carbonyl (C=O) groups excluding carboxylic acids is 1. The Morgan fingerprint density at radius 1 is 1.37 bits per heavy atom. The van der Waals surface area contributed by atoms with Crippen molar-refractivity contribution in [3.8, 4) is 0 Å². The van der Waals surface area contributed by atoms with Crippen LogP contribution in [0.25, 0.3) is 0 Å². The van der Waals surface area contributed by atoms with Crippen LogP contribution in [0.3, 0.4) is 0 Å². The fourth-order valence-electron chi connectivity index (χ4n) is 2.12. The lowest BCUT2D eigenvalue weighted by Crippen LogP contribution is -2.46. The third kappa shape index (κ3) is 3.69. The summed E-state index contributed by atoms with van der Waals surface area (Å²) >= 11 is 0. The molecule has 0 heterocycles. The van der Waals surface area contributed by atoms with E-state index in [2.05, 4.69) is 46.0 Å². The minimum Gasteiger partial charge on any atom is -0.469 e.